The Balaban J connectivity index is 1.77. The number of ether oxygens (including phenoxy) is 2. The van der Waals surface area contributed by atoms with E-state index in [1.807, 2.05) is 32.9 Å². The molecule has 7 heteroatoms. The molecule has 0 aliphatic rings. The summed E-state index contributed by atoms with van der Waals surface area (Å²) in [7, 11) is 0. The third-order valence-electron chi connectivity index (χ3n) is 4.18. The number of rotatable bonds is 9. The number of carbonyl (C=O) groups excluding carboxylic acids is 3. The van der Waals surface area contributed by atoms with E-state index in [1.165, 1.54) is 0 Å². The van der Waals surface area contributed by atoms with Crippen LogP contribution in [0.3, 0.4) is 0 Å². The zero-order valence-electron chi connectivity index (χ0n) is 16.9. The average molecular weight is 398 g/mol. The molecule has 0 saturated heterocycles. The highest BCUT2D eigenvalue weighted by Gasteiger charge is 2.13. The van der Waals surface area contributed by atoms with Gasteiger partial charge in [0.05, 0.1) is 0 Å². The molecule has 0 saturated carbocycles. The Bertz CT molecular complexity index is 845. The molecule has 0 fully saturated rings. The molecular formula is C22H26N2O5. The van der Waals surface area contributed by atoms with Crippen LogP contribution in [0.4, 0.5) is 5.69 Å². The van der Waals surface area contributed by atoms with Crippen molar-refractivity contribution in [2.75, 3.05) is 31.6 Å². The van der Waals surface area contributed by atoms with E-state index in [-0.39, 0.29) is 12.5 Å². The summed E-state index contributed by atoms with van der Waals surface area (Å²) < 4.78 is 10.2. The van der Waals surface area contributed by atoms with Crippen molar-refractivity contribution in [3.8, 4) is 5.75 Å². The van der Waals surface area contributed by atoms with E-state index >= 15 is 0 Å². The Hall–Kier alpha value is -3.35. The number of nitrogens with one attached hydrogen (secondary N) is 1. The fourth-order valence-corrected chi connectivity index (χ4v) is 2.62. The second-order valence-electron chi connectivity index (χ2n) is 6.37. The van der Waals surface area contributed by atoms with Gasteiger partial charge in [-0.3, -0.25) is 9.59 Å². The summed E-state index contributed by atoms with van der Waals surface area (Å²) in [6.45, 7) is 6.32. The van der Waals surface area contributed by atoms with Crippen molar-refractivity contribution < 1.29 is 23.9 Å². The second-order valence-corrected chi connectivity index (χ2v) is 6.37. The highest BCUT2D eigenvalue weighted by atomic mass is 16.6. The van der Waals surface area contributed by atoms with Crippen LogP contribution >= 0.6 is 0 Å². The molecule has 29 heavy (non-hydrogen) atoms. The molecule has 0 radical (unpaired) electrons. The number of aryl methyl sites for hydroxylation is 1. The standard InChI is InChI=1S/C22H26N2O5/c1-4-24(5-2)22(27)17-9-11-18(12-10-17)23-20(25)14-29-21(26)15-28-19-8-6-7-16(3)13-19/h6-13H,4-5,14-15H2,1-3H3,(H,23,25). The molecule has 2 aromatic carbocycles. The lowest BCUT2D eigenvalue weighted by molar-refractivity contribution is -0.149. The van der Waals surface area contributed by atoms with Crippen molar-refractivity contribution in [2.24, 2.45) is 0 Å². The first-order valence-electron chi connectivity index (χ1n) is 9.47. The summed E-state index contributed by atoms with van der Waals surface area (Å²) in [6, 6.07) is 13.9. The molecule has 0 aliphatic heterocycles. The molecule has 2 aromatic rings. The van der Waals surface area contributed by atoms with Crippen LogP contribution in [-0.2, 0) is 14.3 Å². The zero-order valence-corrected chi connectivity index (χ0v) is 16.9. The van der Waals surface area contributed by atoms with Gasteiger partial charge in [-0.15, -0.1) is 0 Å². The minimum absolute atomic E-state index is 0.0598. The maximum Gasteiger partial charge on any atom is 0.344 e. The van der Waals surface area contributed by atoms with E-state index in [1.54, 1.807) is 41.3 Å². The van der Waals surface area contributed by atoms with E-state index < -0.39 is 18.5 Å². The van der Waals surface area contributed by atoms with Crippen molar-refractivity contribution >= 4 is 23.5 Å². The highest BCUT2D eigenvalue weighted by Crippen LogP contribution is 2.13. The number of benzene rings is 2. The number of anilines is 1. The number of amides is 2. The maximum atomic E-state index is 12.3. The van der Waals surface area contributed by atoms with Gasteiger partial charge in [0.2, 0.25) is 0 Å². The van der Waals surface area contributed by atoms with Crippen molar-refractivity contribution in [3.05, 3.63) is 59.7 Å². The highest BCUT2D eigenvalue weighted by molar-refractivity contribution is 5.96. The first-order chi connectivity index (χ1) is 13.9. The van der Waals surface area contributed by atoms with Crippen molar-refractivity contribution in [1.29, 1.82) is 0 Å². The van der Waals surface area contributed by atoms with E-state index in [9.17, 15) is 14.4 Å². The molecule has 0 bridgehead atoms. The number of hydrogen-bond donors (Lipinski definition) is 1. The van der Waals surface area contributed by atoms with Gasteiger partial charge in [-0.05, 0) is 62.7 Å². The lowest BCUT2D eigenvalue weighted by Gasteiger charge is -2.18. The molecule has 0 unspecified atom stereocenters. The van der Waals surface area contributed by atoms with Crippen LogP contribution in [0.15, 0.2) is 48.5 Å². The van der Waals surface area contributed by atoms with Crippen LogP contribution in [0.2, 0.25) is 0 Å². The SMILES string of the molecule is CCN(CC)C(=O)c1ccc(NC(=O)COC(=O)COc2cccc(C)c2)cc1. The van der Waals surface area contributed by atoms with Gasteiger partial charge in [0, 0.05) is 24.3 Å². The molecule has 7 nitrogen and oxygen atoms in total. The van der Waals surface area contributed by atoms with Gasteiger partial charge < -0.3 is 19.7 Å². The van der Waals surface area contributed by atoms with Gasteiger partial charge in [-0.2, -0.15) is 0 Å². The average Bonchev–Trinajstić information content (AvgIpc) is 2.72. The largest absolute Gasteiger partial charge is 0.482 e. The van der Waals surface area contributed by atoms with Crippen LogP contribution in [0.5, 0.6) is 5.75 Å². The third-order valence-corrected chi connectivity index (χ3v) is 4.18. The lowest BCUT2D eigenvalue weighted by Crippen LogP contribution is -2.30. The molecule has 0 atom stereocenters. The van der Waals surface area contributed by atoms with Crippen LogP contribution in [0.25, 0.3) is 0 Å². The van der Waals surface area contributed by atoms with Crippen LogP contribution in [-0.4, -0.2) is 49.0 Å². The molecular weight excluding hydrogens is 372 g/mol. The van der Waals surface area contributed by atoms with Crippen LogP contribution in [0.1, 0.15) is 29.8 Å². The second kappa shape index (κ2) is 10.8. The Labute approximate surface area is 170 Å². The summed E-state index contributed by atoms with van der Waals surface area (Å²) in [5, 5.41) is 2.62. The molecule has 2 rings (SSSR count). The Kier molecular flexibility index (Phi) is 8.21. The summed E-state index contributed by atoms with van der Waals surface area (Å²) in [6.07, 6.45) is 0. The minimum Gasteiger partial charge on any atom is -0.482 e. The van der Waals surface area contributed by atoms with E-state index in [0.29, 0.717) is 30.1 Å². The molecule has 154 valence electrons. The predicted molar refractivity (Wildman–Crippen MR) is 110 cm³/mol. The van der Waals surface area contributed by atoms with Crippen molar-refractivity contribution in [1.82, 2.24) is 4.90 Å². The zero-order chi connectivity index (χ0) is 21.2. The van der Waals surface area contributed by atoms with Crippen LogP contribution in [0, 0.1) is 6.92 Å². The normalized spacial score (nSPS) is 10.2. The Morgan fingerprint density at radius 1 is 0.966 bits per heavy atom. The monoisotopic (exact) mass is 398 g/mol. The topological polar surface area (TPSA) is 84.9 Å². The van der Waals surface area contributed by atoms with Gasteiger partial charge in [0.15, 0.2) is 13.2 Å². The minimum atomic E-state index is -0.637. The molecule has 0 spiro atoms. The molecule has 0 heterocycles. The van der Waals surface area contributed by atoms with Crippen LogP contribution < -0.4 is 10.1 Å². The van der Waals surface area contributed by atoms with E-state index in [4.69, 9.17) is 9.47 Å². The van der Waals surface area contributed by atoms with Gasteiger partial charge in [0.1, 0.15) is 5.75 Å². The summed E-state index contributed by atoms with van der Waals surface area (Å²) in [5.41, 5.74) is 2.07. The van der Waals surface area contributed by atoms with Gasteiger partial charge in [-0.25, -0.2) is 4.79 Å². The van der Waals surface area contributed by atoms with Crippen molar-refractivity contribution in [3.63, 3.8) is 0 Å². The molecule has 0 aliphatic carbocycles. The number of hydrogen-bond acceptors (Lipinski definition) is 5. The number of esters is 1. The number of carbonyl (C=O) groups is 3. The molecule has 2 amide bonds. The van der Waals surface area contributed by atoms with E-state index in [0.717, 1.165) is 5.56 Å². The Morgan fingerprint density at radius 2 is 1.66 bits per heavy atom. The van der Waals surface area contributed by atoms with E-state index in [2.05, 4.69) is 5.32 Å². The summed E-state index contributed by atoms with van der Waals surface area (Å²) >= 11 is 0. The van der Waals surface area contributed by atoms with Gasteiger partial charge >= 0.3 is 5.97 Å². The number of nitrogens with zero attached hydrogens (tertiary/aromatic N) is 1. The first kappa shape index (κ1) is 21.9. The summed E-state index contributed by atoms with van der Waals surface area (Å²) in [4.78, 5) is 37.7. The molecule has 0 aromatic heterocycles. The quantitative estimate of drug-likeness (QED) is 0.657. The third kappa shape index (κ3) is 6.95. The van der Waals surface area contributed by atoms with Crippen molar-refractivity contribution in [2.45, 2.75) is 20.8 Å². The lowest BCUT2D eigenvalue weighted by atomic mass is 10.2. The smallest absolute Gasteiger partial charge is 0.344 e. The first-order valence-corrected chi connectivity index (χ1v) is 9.47. The fraction of sp³-hybridized carbons (Fsp3) is 0.318. The van der Waals surface area contributed by atoms with Gasteiger partial charge in [0.25, 0.3) is 11.8 Å². The van der Waals surface area contributed by atoms with Gasteiger partial charge in [-0.1, -0.05) is 12.1 Å². The Morgan fingerprint density at radius 3 is 2.28 bits per heavy atom. The fourth-order valence-electron chi connectivity index (χ4n) is 2.62. The summed E-state index contributed by atoms with van der Waals surface area (Å²) in [5.74, 6) is -0.611. The maximum absolute atomic E-state index is 12.3. The molecule has 1 N–H and O–H groups in total. The predicted octanol–water partition coefficient (Wildman–Crippen LogP) is 3.04.